The minimum atomic E-state index is 0.289. The average molecular weight is 295 g/mol. The SMILES string of the molecule is CCC12CCCC3CC(c4ccccc4)=C([O-])[N+](=C31)CCC2. The Hall–Kier alpha value is -1.57. The summed E-state index contributed by atoms with van der Waals surface area (Å²) in [5.74, 6) is 0.888. The van der Waals surface area contributed by atoms with Gasteiger partial charge in [0.2, 0.25) is 0 Å². The molecule has 116 valence electrons. The van der Waals surface area contributed by atoms with Crippen LogP contribution < -0.4 is 5.11 Å². The second kappa shape index (κ2) is 5.26. The molecule has 0 N–H and O–H groups in total. The Morgan fingerprint density at radius 1 is 1.18 bits per heavy atom. The van der Waals surface area contributed by atoms with Crippen molar-refractivity contribution < 1.29 is 9.68 Å². The highest BCUT2D eigenvalue weighted by atomic mass is 16.3. The number of nitrogens with zero attached hydrogens (tertiary/aromatic N) is 1. The van der Waals surface area contributed by atoms with E-state index in [9.17, 15) is 5.11 Å². The van der Waals surface area contributed by atoms with E-state index in [0.29, 0.717) is 11.3 Å². The molecular weight excluding hydrogens is 270 g/mol. The van der Waals surface area contributed by atoms with Gasteiger partial charge in [0, 0.05) is 17.9 Å². The van der Waals surface area contributed by atoms with Crippen LogP contribution in [0.15, 0.2) is 36.2 Å². The molecule has 1 saturated carbocycles. The minimum Gasteiger partial charge on any atom is -0.823 e. The molecule has 2 nitrogen and oxygen atoms in total. The second-order valence-corrected chi connectivity index (χ2v) is 7.22. The van der Waals surface area contributed by atoms with Crippen molar-refractivity contribution in [1.29, 1.82) is 0 Å². The third-order valence-corrected chi connectivity index (χ3v) is 6.22. The molecule has 0 aromatic heterocycles. The van der Waals surface area contributed by atoms with E-state index in [2.05, 4.69) is 23.6 Å². The lowest BCUT2D eigenvalue weighted by Gasteiger charge is -2.45. The number of hydrogen-bond donors (Lipinski definition) is 0. The number of allylic oxidation sites excluding steroid dienone is 1. The lowest BCUT2D eigenvalue weighted by atomic mass is 9.61. The highest BCUT2D eigenvalue weighted by Crippen LogP contribution is 2.49. The first kappa shape index (κ1) is 14.0. The van der Waals surface area contributed by atoms with E-state index in [1.807, 2.05) is 18.2 Å². The first-order valence-electron chi connectivity index (χ1n) is 8.85. The summed E-state index contributed by atoms with van der Waals surface area (Å²) < 4.78 is 2.18. The van der Waals surface area contributed by atoms with Crippen molar-refractivity contribution in [3.63, 3.8) is 0 Å². The summed E-state index contributed by atoms with van der Waals surface area (Å²) in [5.41, 5.74) is 4.02. The van der Waals surface area contributed by atoms with Gasteiger partial charge in [-0.05, 0) is 37.7 Å². The molecule has 1 fully saturated rings. The molecule has 0 bridgehead atoms. The molecule has 2 heterocycles. The fourth-order valence-corrected chi connectivity index (χ4v) is 5.16. The normalized spacial score (nSPS) is 31.2. The monoisotopic (exact) mass is 295 g/mol. The molecule has 2 aliphatic heterocycles. The van der Waals surface area contributed by atoms with Crippen LogP contribution in [-0.4, -0.2) is 16.8 Å². The van der Waals surface area contributed by atoms with E-state index < -0.39 is 0 Å². The van der Waals surface area contributed by atoms with Crippen molar-refractivity contribution in [3.05, 3.63) is 41.8 Å². The van der Waals surface area contributed by atoms with Crippen LogP contribution in [0.1, 0.15) is 57.4 Å². The van der Waals surface area contributed by atoms with Crippen molar-refractivity contribution in [2.24, 2.45) is 11.3 Å². The molecule has 0 saturated heterocycles. The summed E-state index contributed by atoms with van der Waals surface area (Å²) in [6.07, 6.45) is 8.49. The maximum atomic E-state index is 13.1. The van der Waals surface area contributed by atoms with Crippen molar-refractivity contribution in [1.82, 2.24) is 0 Å². The smallest absolute Gasteiger partial charge is 0.166 e. The van der Waals surface area contributed by atoms with Crippen LogP contribution in [0.4, 0.5) is 0 Å². The molecule has 2 unspecified atom stereocenters. The Labute approximate surface area is 133 Å². The van der Waals surface area contributed by atoms with Crippen molar-refractivity contribution >= 4 is 11.3 Å². The van der Waals surface area contributed by atoms with Gasteiger partial charge in [0.05, 0.1) is 5.41 Å². The predicted molar refractivity (Wildman–Crippen MR) is 87.4 cm³/mol. The zero-order chi connectivity index (χ0) is 15.2. The van der Waals surface area contributed by atoms with Crippen LogP contribution in [0.5, 0.6) is 0 Å². The summed E-state index contributed by atoms with van der Waals surface area (Å²) in [6, 6.07) is 10.3. The minimum absolute atomic E-state index is 0.289. The van der Waals surface area contributed by atoms with Crippen LogP contribution >= 0.6 is 0 Å². The van der Waals surface area contributed by atoms with Gasteiger partial charge in [0.1, 0.15) is 12.4 Å². The zero-order valence-electron chi connectivity index (χ0n) is 13.5. The molecule has 0 amide bonds. The molecule has 1 aromatic rings. The fourth-order valence-electron chi connectivity index (χ4n) is 5.16. The molecule has 0 radical (unpaired) electrons. The first-order chi connectivity index (χ1) is 10.7. The van der Waals surface area contributed by atoms with Gasteiger partial charge in [-0.3, -0.25) is 0 Å². The largest absolute Gasteiger partial charge is 0.823 e. The molecule has 0 spiro atoms. The van der Waals surface area contributed by atoms with Gasteiger partial charge in [-0.2, -0.15) is 0 Å². The summed E-state index contributed by atoms with van der Waals surface area (Å²) in [7, 11) is 0. The van der Waals surface area contributed by atoms with Crippen LogP contribution in [0.3, 0.4) is 0 Å². The summed E-state index contributed by atoms with van der Waals surface area (Å²) in [4.78, 5) is 0. The zero-order valence-corrected chi connectivity index (χ0v) is 13.5. The van der Waals surface area contributed by atoms with E-state index >= 15 is 0 Å². The van der Waals surface area contributed by atoms with Gasteiger partial charge in [0.15, 0.2) is 5.71 Å². The van der Waals surface area contributed by atoms with Crippen LogP contribution in [-0.2, 0) is 0 Å². The first-order valence-corrected chi connectivity index (χ1v) is 8.85. The van der Waals surface area contributed by atoms with Crippen LogP contribution in [0.25, 0.3) is 5.57 Å². The third-order valence-electron chi connectivity index (χ3n) is 6.22. The van der Waals surface area contributed by atoms with E-state index in [0.717, 1.165) is 30.5 Å². The van der Waals surface area contributed by atoms with Gasteiger partial charge in [0.25, 0.3) is 0 Å². The van der Waals surface area contributed by atoms with Crippen molar-refractivity contribution in [3.8, 4) is 0 Å². The van der Waals surface area contributed by atoms with Crippen molar-refractivity contribution in [2.45, 2.75) is 51.9 Å². The highest BCUT2D eigenvalue weighted by molar-refractivity contribution is 5.92. The number of rotatable bonds is 2. The molecule has 1 aromatic carbocycles. The second-order valence-electron chi connectivity index (χ2n) is 7.22. The third kappa shape index (κ3) is 1.96. The molecule has 3 aliphatic rings. The lowest BCUT2D eigenvalue weighted by molar-refractivity contribution is -0.610. The fraction of sp³-hybridized carbons (Fsp3) is 0.550. The topological polar surface area (TPSA) is 26.1 Å². The van der Waals surface area contributed by atoms with Crippen LogP contribution in [0.2, 0.25) is 0 Å². The van der Waals surface area contributed by atoms with Gasteiger partial charge in [-0.25, -0.2) is 4.58 Å². The van der Waals surface area contributed by atoms with Gasteiger partial charge >= 0.3 is 0 Å². The number of benzene rings is 1. The maximum absolute atomic E-state index is 13.1. The number of hydrogen-bond acceptors (Lipinski definition) is 1. The Kier molecular flexibility index (Phi) is 3.36. The maximum Gasteiger partial charge on any atom is 0.166 e. The van der Waals surface area contributed by atoms with Crippen molar-refractivity contribution in [2.75, 3.05) is 6.54 Å². The predicted octanol–water partition coefficient (Wildman–Crippen LogP) is 3.56. The van der Waals surface area contributed by atoms with Gasteiger partial charge < -0.3 is 5.11 Å². The lowest BCUT2D eigenvalue weighted by Crippen LogP contribution is -2.52. The highest BCUT2D eigenvalue weighted by Gasteiger charge is 2.51. The van der Waals surface area contributed by atoms with Gasteiger partial charge in [-0.15, -0.1) is 0 Å². The Morgan fingerprint density at radius 2 is 1.95 bits per heavy atom. The van der Waals surface area contributed by atoms with E-state index in [1.165, 1.54) is 37.8 Å². The molecule has 2 heteroatoms. The standard InChI is InChI=1S/C20H25NO/c1-2-20-11-6-10-16-14-17(15-8-4-3-5-9-15)19(22)21(18(16)20)13-7-12-20/h3-5,8-9,16H,2,6-7,10-14H2,1H3. The van der Waals surface area contributed by atoms with Gasteiger partial charge in [-0.1, -0.05) is 43.7 Å². The van der Waals surface area contributed by atoms with E-state index in [-0.39, 0.29) is 5.88 Å². The summed E-state index contributed by atoms with van der Waals surface area (Å²) in [5, 5.41) is 13.1. The summed E-state index contributed by atoms with van der Waals surface area (Å²) in [6.45, 7) is 3.25. The summed E-state index contributed by atoms with van der Waals surface area (Å²) >= 11 is 0. The molecule has 1 aliphatic carbocycles. The quantitative estimate of drug-likeness (QED) is 0.766. The average Bonchev–Trinajstić information content (AvgIpc) is 2.58. The Bertz CT molecular complexity index is 643. The van der Waals surface area contributed by atoms with Crippen LogP contribution in [0, 0.1) is 11.3 Å². The van der Waals surface area contributed by atoms with E-state index in [4.69, 9.17) is 0 Å². The molecular formula is C20H25NO. The van der Waals surface area contributed by atoms with E-state index in [1.54, 1.807) is 0 Å². The Morgan fingerprint density at radius 3 is 2.73 bits per heavy atom. The molecule has 22 heavy (non-hydrogen) atoms. The molecule has 4 rings (SSSR count). The Balaban J connectivity index is 1.87. The molecule has 2 atom stereocenters.